The van der Waals surface area contributed by atoms with Gasteiger partial charge in [0.15, 0.2) is 5.78 Å². The molecule has 0 aliphatic carbocycles. The van der Waals surface area contributed by atoms with Crippen LogP contribution in [0.25, 0.3) is 0 Å². The Morgan fingerprint density at radius 1 is 1.16 bits per heavy atom. The van der Waals surface area contributed by atoms with Crippen molar-refractivity contribution in [2.24, 2.45) is 0 Å². The number of ketones is 1. The van der Waals surface area contributed by atoms with Gasteiger partial charge in [0.05, 0.1) is 19.8 Å². The van der Waals surface area contributed by atoms with E-state index in [1.165, 1.54) is 0 Å². The van der Waals surface area contributed by atoms with E-state index in [-0.39, 0.29) is 24.8 Å². The van der Waals surface area contributed by atoms with Crippen molar-refractivity contribution in [3.63, 3.8) is 0 Å². The molecule has 0 spiro atoms. The number of benzene rings is 2. The fourth-order valence-corrected chi connectivity index (χ4v) is 3.10. The molecule has 1 heterocycles. The highest BCUT2D eigenvalue weighted by atomic mass is 16.3. The molecule has 2 aromatic carbocycles. The third-order valence-corrected chi connectivity index (χ3v) is 4.41. The van der Waals surface area contributed by atoms with E-state index in [1.54, 1.807) is 0 Å². The van der Waals surface area contributed by atoms with Gasteiger partial charge in [-0.3, -0.25) is 9.69 Å². The third kappa shape index (κ3) is 4.56. The fraction of sp³-hybridized carbons (Fsp3) is 0.409. The normalized spacial score (nSPS) is 30.4. The average Bonchev–Trinajstić information content (AvgIpc) is 2.83. The summed E-state index contributed by atoms with van der Waals surface area (Å²) in [6, 6.07) is -8.19. The number of hydrogen-bond donors (Lipinski definition) is 1. The van der Waals surface area contributed by atoms with Crippen LogP contribution >= 0.6 is 0 Å². The summed E-state index contributed by atoms with van der Waals surface area (Å²) in [4.78, 5) is 14.2. The molecule has 1 aliphatic heterocycles. The Bertz CT molecular complexity index is 1210. The van der Waals surface area contributed by atoms with E-state index in [0.717, 1.165) is 4.90 Å². The van der Waals surface area contributed by atoms with Crippen molar-refractivity contribution in [3.8, 4) is 0 Å². The van der Waals surface area contributed by atoms with Gasteiger partial charge in [-0.25, -0.2) is 0 Å². The highest BCUT2D eigenvalue weighted by molar-refractivity contribution is 5.96. The summed E-state index contributed by atoms with van der Waals surface area (Å²) in [7, 11) is 0. The molecule has 1 N–H and O–H groups in total. The molecular formula is C22H27NO2. The summed E-state index contributed by atoms with van der Waals surface area (Å²) in [5.74, 6) is -0.812. The summed E-state index contributed by atoms with van der Waals surface area (Å²) in [6.45, 7) is -2.74. The minimum absolute atomic E-state index is 0.254. The summed E-state index contributed by atoms with van der Waals surface area (Å²) < 4.78 is 103. The number of piperidine rings is 1. The number of aliphatic hydroxyl groups excluding tert-OH is 1. The van der Waals surface area contributed by atoms with E-state index >= 15 is 0 Å². The molecule has 0 amide bonds. The van der Waals surface area contributed by atoms with Crippen LogP contribution in [0.2, 0.25) is 0 Å². The SMILES string of the molecule is [2H]c1c([2H])c([2H])c(C(=O)C[C@H]2CCC[C@@H](C[C@@H](O)c3c([2H])c([2H])c([2H])c([2H])c3[2H])N2C([2H])([2H])[2H])c([2H])c1[2H]. The smallest absolute Gasteiger partial charge is 0.164 e. The lowest BCUT2D eigenvalue weighted by Gasteiger charge is -2.40. The molecule has 1 fully saturated rings. The lowest BCUT2D eigenvalue weighted by Crippen LogP contribution is -2.45. The van der Waals surface area contributed by atoms with Crippen LogP contribution in [0.1, 0.15) is 71.9 Å². The molecule has 0 saturated carbocycles. The molecule has 2 aromatic rings. The molecule has 3 heteroatoms. The van der Waals surface area contributed by atoms with E-state index < -0.39 is 103 Å². The summed E-state index contributed by atoms with van der Waals surface area (Å²) in [6.07, 6.45) is -1.34. The number of Topliss-reactive ketones (excluding diaryl/α,β-unsaturated/α-hetero) is 1. The Hall–Kier alpha value is -1.97. The molecule has 0 aromatic heterocycles. The minimum Gasteiger partial charge on any atom is -0.388 e. The van der Waals surface area contributed by atoms with E-state index in [9.17, 15) is 9.90 Å². The van der Waals surface area contributed by atoms with Crippen molar-refractivity contribution in [2.45, 2.75) is 50.3 Å². The Balaban J connectivity index is 1.94. The molecular weight excluding hydrogens is 310 g/mol. The van der Waals surface area contributed by atoms with Crippen LogP contribution in [0, 0.1) is 0 Å². The number of rotatable bonds is 6. The van der Waals surface area contributed by atoms with Crippen molar-refractivity contribution in [3.05, 3.63) is 71.6 Å². The van der Waals surface area contributed by atoms with Crippen LogP contribution in [0.4, 0.5) is 0 Å². The molecule has 1 saturated heterocycles. The maximum absolute atomic E-state index is 13.2. The van der Waals surface area contributed by atoms with Crippen molar-refractivity contribution >= 4 is 5.78 Å². The first-order chi connectivity index (χ1) is 17.5. The first-order valence-corrected chi connectivity index (χ1v) is 8.14. The molecule has 3 rings (SSSR count). The van der Waals surface area contributed by atoms with Crippen LogP contribution in [0.3, 0.4) is 0 Å². The molecule has 0 bridgehead atoms. The van der Waals surface area contributed by atoms with Gasteiger partial charge in [0.25, 0.3) is 0 Å². The van der Waals surface area contributed by atoms with E-state index in [4.69, 9.17) is 17.8 Å². The number of likely N-dealkylation sites (tertiary alicyclic amines) is 1. The van der Waals surface area contributed by atoms with Gasteiger partial charge >= 0.3 is 0 Å². The van der Waals surface area contributed by atoms with Gasteiger partial charge < -0.3 is 5.11 Å². The molecule has 3 atom stereocenters. The van der Waals surface area contributed by atoms with Gasteiger partial charge in [0, 0.05) is 28.2 Å². The zero-order chi connectivity index (χ0) is 28.9. The van der Waals surface area contributed by atoms with Gasteiger partial charge in [-0.05, 0) is 31.8 Å². The standard InChI is InChI=1S/C22H27NO2/c1-23-19(15-21(24)17-9-4-2-5-10-17)13-8-14-20(23)16-22(25)18-11-6-3-7-12-18/h2-7,9-12,19-21,24H,8,13-16H2,1H3/t19-,20+,21+/m0/s1/i1D3,2D,3D,4D,5D,6D,7D,9D,10D,11D,12D. The number of hydrogen-bond acceptors (Lipinski definition) is 3. The van der Waals surface area contributed by atoms with Crippen LogP contribution in [0.5, 0.6) is 0 Å². The van der Waals surface area contributed by atoms with E-state index in [1.807, 2.05) is 0 Å². The van der Waals surface area contributed by atoms with Crippen molar-refractivity contribution < 1.29 is 27.7 Å². The first kappa shape index (κ1) is 7.73. The van der Waals surface area contributed by atoms with E-state index in [0.29, 0.717) is 6.42 Å². The Kier molecular flexibility index (Phi) is 2.60. The molecule has 3 nitrogen and oxygen atoms in total. The maximum Gasteiger partial charge on any atom is 0.164 e. The Morgan fingerprint density at radius 3 is 2.48 bits per heavy atom. The van der Waals surface area contributed by atoms with Gasteiger partial charge in [0.1, 0.15) is 0 Å². The third-order valence-electron chi connectivity index (χ3n) is 4.41. The van der Waals surface area contributed by atoms with Crippen LogP contribution in [-0.4, -0.2) is 34.8 Å². The van der Waals surface area contributed by atoms with Gasteiger partial charge in [-0.2, -0.15) is 0 Å². The summed E-state index contributed by atoms with van der Waals surface area (Å²) >= 11 is 0. The van der Waals surface area contributed by atoms with Crippen molar-refractivity contribution in [1.82, 2.24) is 4.90 Å². The Morgan fingerprint density at radius 2 is 1.80 bits per heavy atom. The van der Waals surface area contributed by atoms with Crippen LogP contribution < -0.4 is 0 Å². The molecule has 0 radical (unpaired) electrons. The van der Waals surface area contributed by atoms with E-state index in [2.05, 4.69) is 0 Å². The zero-order valence-corrected chi connectivity index (χ0v) is 13.6. The largest absolute Gasteiger partial charge is 0.388 e. The zero-order valence-electron chi connectivity index (χ0n) is 26.6. The Labute approximate surface area is 168 Å². The second kappa shape index (κ2) is 8.41. The molecule has 0 unspecified atom stereocenters. The van der Waals surface area contributed by atoms with Gasteiger partial charge in [0.2, 0.25) is 0 Å². The average molecular weight is 351 g/mol. The molecule has 25 heavy (non-hydrogen) atoms. The quantitative estimate of drug-likeness (QED) is 0.792. The van der Waals surface area contributed by atoms with Crippen molar-refractivity contribution in [2.75, 3.05) is 6.98 Å². The second-order valence-electron chi connectivity index (χ2n) is 6.06. The predicted molar refractivity (Wildman–Crippen MR) is 101 cm³/mol. The fourth-order valence-electron chi connectivity index (χ4n) is 3.10. The lowest BCUT2D eigenvalue weighted by atomic mass is 9.88. The number of aliphatic hydroxyl groups is 1. The van der Waals surface area contributed by atoms with Gasteiger partial charge in [-0.15, -0.1) is 0 Å². The first-order valence-electron chi connectivity index (χ1n) is 14.6. The highest BCUT2D eigenvalue weighted by Gasteiger charge is 2.30. The minimum atomic E-state index is -2.74. The van der Waals surface area contributed by atoms with Crippen LogP contribution in [-0.2, 0) is 0 Å². The summed E-state index contributed by atoms with van der Waals surface area (Å²) in [5, 5.41) is 10.9. The number of carbonyl (C=O) groups is 1. The maximum atomic E-state index is 13.2. The second-order valence-corrected chi connectivity index (χ2v) is 6.06. The number of carbonyl (C=O) groups excluding carboxylic acids is 1. The van der Waals surface area contributed by atoms with Crippen molar-refractivity contribution in [1.29, 1.82) is 0 Å². The summed E-state index contributed by atoms with van der Waals surface area (Å²) in [5.41, 5.74) is -0.874. The number of nitrogens with zero attached hydrogens (tertiary/aromatic N) is 1. The molecule has 1 aliphatic rings. The lowest BCUT2D eigenvalue weighted by molar-refractivity contribution is 0.0549. The van der Waals surface area contributed by atoms with Crippen LogP contribution in [0.15, 0.2) is 60.4 Å². The van der Waals surface area contributed by atoms with Gasteiger partial charge in [-0.1, -0.05) is 66.8 Å². The monoisotopic (exact) mass is 350 g/mol. The molecule has 132 valence electrons. The predicted octanol–water partition coefficient (Wildman–Crippen LogP) is 4.24. The highest BCUT2D eigenvalue weighted by Crippen LogP contribution is 2.30. The topological polar surface area (TPSA) is 40.5 Å².